The number of carbonyl (C=O) groups is 1. The van der Waals surface area contributed by atoms with Crippen LogP contribution in [0, 0.1) is 10.1 Å². The predicted octanol–water partition coefficient (Wildman–Crippen LogP) is 3.62. The van der Waals surface area contributed by atoms with E-state index in [2.05, 4.69) is 4.98 Å². The minimum Gasteiger partial charge on any atom is -0.293 e. The summed E-state index contributed by atoms with van der Waals surface area (Å²) in [6.45, 7) is 0. The van der Waals surface area contributed by atoms with Crippen molar-refractivity contribution in [3.05, 3.63) is 63.3 Å². The van der Waals surface area contributed by atoms with E-state index in [9.17, 15) is 14.9 Å². The molecule has 0 bridgehead atoms. The number of nitrogens with zero attached hydrogens (tertiary/aromatic N) is 2. The van der Waals surface area contributed by atoms with Gasteiger partial charge in [-0.05, 0) is 12.1 Å². The van der Waals surface area contributed by atoms with Crippen molar-refractivity contribution in [2.75, 3.05) is 5.75 Å². The first kappa shape index (κ1) is 14.5. The normalized spacial score (nSPS) is 10.2. The van der Waals surface area contributed by atoms with Crippen molar-refractivity contribution in [1.29, 1.82) is 0 Å². The highest BCUT2D eigenvalue weighted by molar-refractivity contribution is 7.99. The average Bonchev–Trinajstić information content (AvgIpc) is 2.46. The van der Waals surface area contributed by atoms with Crippen LogP contribution in [0.15, 0.2) is 47.6 Å². The van der Waals surface area contributed by atoms with E-state index in [1.807, 2.05) is 0 Å². The number of benzene rings is 1. The maximum Gasteiger partial charge on any atom is 0.270 e. The van der Waals surface area contributed by atoms with Crippen molar-refractivity contribution in [3.8, 4) is 0 Å². The molecule has 2 aromatic rings. The maximum absolute atomic E-state index is 12.0. The van der Waals surface area contributed by atoms with Crippen LogP contribution in [-0.4, -0.2) is 21.4 Å². The van der Waals surface area contributed by atoms with E-state index in [0.717, 1.165) is 0 Å². The monoisotopic (exact) mass is 308 g/mol. The number of Topliss-reactive ketones (excluding diaryl/α,β-unsaturated/α-hetero) is 1. The molecule has 102 valence electrons. The number of thioether (sulfide) groups is 1. The van der Waals surface area contributed by atoms with Gasteiger partial charge in [-0.3, -0.25) is 14.9 Å². The van der Waals surface area contributed by atoms with Crippen LogP contribution >= 0.6 is 23.4 Å². The van der Waals surface area contributed by atoms with E-state index < -0.39 is 4.92 Å². The zero-order valence-electron chi connectivity index (χ0n) is 10.2. The molecule has 0 radical (unpaired) electrons. The Labute approximate surface area is 124 Å². The second-order valence-corrected chi connectivity index (χ2v) is 5.27. The molecule has 20 heavy (non-hydrogen) atoms. The Bertz CT molecular complexity index is 646. The number of non-ortho nitro benzene ring substituents is 1. The molecule has 0 fully saturated rings. The van der Waals surface area contributed by atoms with E-state index in [1.165, 1.54) is 36.2 Å². The Morgan fingerprint density at radius 3 is 2.80 bits per heavy atom. The Hall–Kier alpha value is -1.92. The van der Waals surface area contributed by atoms with Gasteiger partial charge < -0.3 is 0 Å². The van der Waals surface area contributed by atoms with E-state index in [0.29, 0.717) is 15.6 Å². The summed E-state index contributed by atoms with van der Waals surface area (Å²) in [5.74, 6) is -0.0223. The van der Waals surface area contributed by atoms with Crippen molar-refractivity contribution in [2.45, 2.75) is 5.03 Å². The third kappa shape index (κ3) is 3.79. The van der Waals surface area contributed by atoms with Gasteiger partial charge in [0.2, 0.25) is 0 Å². The molecule has 5 nitrogen and oxygen atoms in total. The smallest absolute Gasteiger partial charge is 0.270 e. The van der Waals surface area contributed by atoms with Crippen molar-refractivity contribution in [1.82, 2.24) is 4.98 Å². The first-order valence-electron chi connectivity index (χ1n) is 5.58. The Balaban J connectivity index is 2.03. The van der Waals surface area contributed by atoms with E-state index in [1.54, 1.807) is 18.2 Å². The number of carbonyl (C=O) groups excluding carboxylic acids is 1. The zero-order chi connectivity index (χ0) is 14.5. The molecule has 0 amide bonds. The van der Waals surface area contributed by atoms with Crippen molar-refractivity contribution in [3.63, 3.8) is 0 Å². The van der Waals surface area contributed by atoms with E-state index in [4.69, 9.17) is 11.6 Å². The molecule has 0 atom stereocenters. The standard InChI is InChI=1S/C13H9ClN2O3S/c14-10-4-5-13(15-7-10)20-8-12(17)9-2-1-3-11(6-9)16(18)19/h1-7H,8H2. The second kappa shape index (κ2) is 6.49. The number of rotatable bonds is 5. The topological polar surface area (TPSA) is 73.1 Å². The van der Waals surface area contributed by atoms with Gasteiger partial charge in [-0.2, -0.15) is 0 Å². The van der Waals surface area contributed by atoms with Gasteiger partial charge in [-0.25, -0.2) is 4.98 Å². The fraction of sp³-hybridized carbons (Fsp3) is 0.0769. The second-order valence-electron chi connectivity index (χ2n) is 3.83. The summed E-state index contributed by atoms with van der Waals surface area (Å²) in [6.07, 6.45) is 1.50. The SMILES string of the molecule is O=C(CSc1ccc(Cl)cn1)c1cccc([N+](=O)[O-])c1. The average molecular weight is 309 g/mol. The van der Waals surface area contributed by atoms with Gasteiger partial charge in [0.1, 0.15) is 0 Å². The molecule has 0 N–H and O–H groups in total. The first-order valence-corrected chi connectivity index (χ1v) is 6.94. The number of hydrogen-bond acceptors (Lipinski definition) is 5. The highest BCUT2D eigenvalue weighted by Gasteiger charge is 2.12. The number of aromatic nitrogens is 1. The molecular weight excluding hydrogens is 300 g/mol. The van der Waals surface area contributed by atoms with Crippen LogP contribution in [0.1, 0.15) is 10.4 Å². The van der Waals surface area contributed by atoms with Gasteiger partial charge in [0.25, 0.3) is 5.69 Å². The molecule has 0 aliphatic heterocycles. The first-order chi connectivity index (χ1) is 9.56. The molecule has 0 saturated heterocycles. The quantitative estimate of drug-likeness (QED) is 0.365. The lowest BCUT2D eigenvalue weighted by Gasteiger charge is -2.01. The lowest BCUT2D eigenvalue weighted by molar-refractivity contribution is -0.384. The van der Waals surface area contributed by atoms with Gasteiger partial charge in [-0.15, -0.1) is 0 Å². The molecule has 0 unspecified atom stereocenters. The van der Waals surface area contributed by atoms with E-state index in [-0.39, 0.29) is 17.2 Å². The van der Waals surface area contributed by atoms with Crippen molar-refractivity contribution >= 4 is 34.8 Å². The van der Waals surface area contributed by atoms with Crippen LogP contribution in [0.5, 0.6) is 0 Å². The molecule has 1 aromatic carbocycles. The third-order valence-electron chi connectivity index (χ3n) is 2.43. The minimum absolute atomic E-state index is 0.0922. The molecular formula is C13H9ClN2O3S. The highest BCUT2D eigenvalue weighted by atomic mass is 35.5. The predicted molar refractivity (Wildman–Crippen MR) is 77.4 cm³/mol. The van der Waals surface area contributed by atoms with Crippen LogP contribution in [0.4, 0.5) is 5.69 Å². The van der Waals surface area contributed by atoms with Gasteiger partial charge in [0, 0.05) is 23.9 Å². The molecule has 0 aliphatic rings. The van der Waals surface area contributed by atoms with Crippen LogP contribution in [0.3, 0.4) is 0 Å². The van der Waals surface area contributed by atoms with Crippen LogP contribution in [-0.2, 0) is 0 Å². The van der Waals surface area contributed by atoms with E-state index >= 15 is 0 Å². The zero-order valence-corrected chi connectivity index (χ0v) is 11.7. The Morgan fingerprint density at radius 2 is 2.15 bits per heavy atom. The van der Waals surface area contributed by atoms with Crippen LogP contribution in [0.2, 0.25) is 5.02 Å². The molecule has 7 heteroatoms. The van der Waals surface area contributed by atoms with Gasteiger partial charge in [0.05, 0.1) is 20.7 Å². The summed E-state index contributed by atoms with van der Waals surface area (Å²) in [5, 5.41) is 11.9. The summed E-state index contributed by atoms with van der Waals surface area (Å²) in [4.78, 5) is 26.2. The molecule has 0 saturated carbocycles. The summed E-state index contributed by atoms with van der Waals surface area (Å²) < 4.78 is 0. The van der Waals surface area contributed by atoms with Gasteiger partial charge >= 0.3 is 0 Å². The fourth-order valence-electron chi connectivity index (χ4n) is 1.46. The number of hydrogen-bond donors (Lipinski definition) is 0. The largest absolute Gasteiger partial charge is 0.293 e. The van der Waals surface area contributed by atoms with Gasteiger partial charge in [0.15, 0.2) is 5.78 Å². The Kier molecular flexibility index (Phi) is 4.70. The maximum atomic E-state index is 12.0. The fourth-order valence-corrected chi connectivity index (χ4v) is 2.31. The number of ketones is 1. The van der Waals surface area contributed by atoms with Crippen molar-refractivity contribution in [2.24, 2.45) is 0 Å². The lowest BCUT2D eigenvalue weighted by Crippen LogP contribution is -2.03. The number of pyridine rings is 1. The Morgan fingerprint density at radius 1 is 1.35 bits per heavy atom. The molecule has 1 heterocycles. The summed E-state index contributed by atoms with van der Waals surface area (Å²) in [6, 6.07) is 9.09. The van der Waals surface area contributed by atoms with Crippen LogP contribution in [0.25, 0.3) is 0 Å². The summed E-state index contributed by atoms with van der Waals surface area (Å²) in [5.41, 5.74) is 0.228. The molecule has 2 rings (SSSR count). The molecule has 0 aliphatic carbocycles. The van der Waals surface area contributed by atoms with Crippen LogP contribution < -0.4 is 0 Å². The molecule has 0 spiro atoms. The van der Waals surface area contributed by atoms with Gasteiger partial charge in [-0.1, -0.05) is 35.5 Å². The third-order valence-corrected chi connectivity index (χ3v) is 3.60. The summed E-state index contributed by atoms with van der Waals surface area (Å²) >= 11 is 6.97. The minimum atomic E-state index is -0.523. The number of nitro groups is 1. The summed E-state index contributed by atoms with van der Waals surface area (Å²) in [7, 11) is 0. The molecule has 1 aromatic heterocycles. The number of nitro benzene ring substituents is 1. The van der Waals surface area contributed by atoms with Crippen molar-refractivity contribution < 1.29 is 9.72 Å². The number of halogens is 1. The lowest BCUT2D eigenvalue weighted by atomic mass is 10.1. The highest BCUT2D eigenvalue weighted by Crippen LogP contribution is 2.20.